The molecule has 0 aliphatic heterocycles. The van der Waals surface area contributed by atoms with Crippen LogP contribution in [0.4, 0.5) is 4.79 Å². The van der Waals surface area contributed by atoms with E-state index in [0.29, 0.717) is 12.5 Å². The van der Waals surface area contributed by atoms with E-state index in [4.69, 9.17) is 0 Å². The van der Waals surface area contributed by atoms with Gasteiger partial charge in [-0.25, -0.2) is 4.79 Å². The van der Waals surface area contributed by atoms with Gasteiger partial charge in [-0.05, 0) is 42.9 Å². The minimum absolute atomic E-state index is 0.0438. The number of nitrogens with one attached hydrogen (secondary N) is 1. The Morgan fingerprint density at radius 3 is 2.64 bits per heavy atom. The fourth-order valence-corrected chi connectivity index (χ4v) is 3.06. The molecule has 0 aromatic heterocycles. The average Bonchev–Trinajstić information content (AvgIpc) is 2.54. The van der Waals surface area contributed by atoms with Crippen molar-refractivity contribution in [2.45, 2.75) is 30.7 Å². The Hall–Kier alpha value is -1.62. The number of hydrogen-bond donors (Lipinski definition) is 1. The van der Waals surface area contributed by atoms with Crippen LogP contribution in [0.5, 0.6) is 0 Å². The van der Waals surface area contributed by atoms with Crippen LogP contribution < -0.4 is 5.32 Å². The summed E-state index contributed by atoms with van der Waals surface area (Å²) in [6.45, 7) is 1.29. The molecule has 5 heteroatoms. The van der Waals surface area contributed by atoms with Crippen LogP contribution in [0, 0.1) is 5.92 Å². The molecule has 22 heavy (non-hydrogen) atoms. The lowest BCUT2D eigenvalue weighted by molar-refractivity contribution is 0.204. The summed E-state index contributed by atoms with van der Waals surface area (Å²) in [6.07, 6.45) is 9.38. The van der Waals surface area contributed by atoms with Crippen LogP contribution in [0.3, 0.4) is 0 Å². The Morgan fingerprint density at radius 1 is 1.32 bits per heavy atom. The summed E-state index contributed by atoms with van der Waals surface area (Å²) in [6, 6.07) is 7.51. The lowest BCUT2D eigenvalue weighted by Gasteiger charge is -2.22. The summed E-state index contributed by atoms with van der Waals surface area (Å²) in [7, 11) is 0.830. The molecule has 0 heterocycles. The molecule has 120 valence electrons. The predicted molar refractivity (Wildman–Crippen MR) is 90.1 cm³/mol. The lowest BCUT2D eigenvalue weighted by atomic mass is 9.94. The Labute approximate surface area is 135 Å². The Morgan fingerprint density at radius 2 is 2.05 bits per heavy atom. The smallest absolute Gasteiger partial charge is 0.317 e. The minimum atomic E-state index is -0.963. The number of carbonyl (C=O) groups excluding carboxylic acids is 1. The van der Waals surface area contributed by atoms with E-state index < -0.39 is 10.8 Å². The van der Waals surface area contributed by atoms with Gasteiger partial charge < -0.3 is 10.2 Å². The molecular formula is C17H24N2O2S. The number of rotatable bonds is 5. The molecule has 0 saturated heterocycles. The van der Waals surface area contributed by atoms with Gasteiger partial charge in [0.15, 0.2) is 0 Å². The lowest BCUT2D eigenvalue weighted by Crippen LogP contribution is -2.39. The quantitative estimate of drug-likeness (QED) is 0.848. The zero-order chi connectivity index (χ0) is 15.9. The van der Waals surface area contributed by atoms with E-state index in [1.807, 2.05) is 24.3 Å². The molecule has 2 atom stereocenters. The number of allylic oxidation sites excluding steroid dienone is 2. The molecule has 2 rings (SSSR count). The molecule has 2 amide bonds. The zero-order valence-corrected chi connectivity index (χ0v) is 14.1. The van der Waals surface area contributed by atoms with Crippen LogP contribution in [0.1, 0.15) is 24.8 Å². The maximum atomic E-state index is 12.1. The Balaban J connectivity index is 1.80. The van der Waals surface area contributed by atoms with Gasteiger partial charge in [-0.15, -0.1) is 0 Å². The molecule has 0 fully saturated rings. The van der Waals surface area contributed by atoms with E-state index in [1.165, 1.54) is 0 Å². The van der Waals surface area contributed by atoms with Crippen LogP contribution in [0.2, 0.25) is 0 Å². The van der Waals surface area contributed by atoms with Crippen LogP contribution in [0.15, 0.2) is 41.3 Å². The molecule has 1 aliphatic carbocycles. The maximum Gasteiger partial charge on any atom is 0.317 e. The summed E-state index contributed by atoms with van der Waals surface area (Å²) in [5.74, 6) is 0.557. The Kier molecular flexibility index (Phi) is 6.19. The third-order valence-electron chi connectivity index (χ3n) is 3.94. The van der Waals surface area contributed by atoms with Gasteiger partial charge in [-0.1, -0.05) is 24.3 Å². The molecule has 0 bridgehead atoms. The monoisotopic (exact) mass is 320 g/mol. The van der Waals surface area contributed by atoms with Gasteiger partial charge >= 0.3 is 6.03 Å². The molecule has 0 unspecified atom stereocenters. The number of hydrogen-bond acceptors (Lipinski definition) is 2. The summed E-state index contributed by atoms with van der Waals surface area (Å²) in [5.41, 5.74) is 1.03. The summed E-state index contributed by atoms with van der Waals surface area (Å²) in [5, 5.41) is 3.01. The molecule has 1 N–H and O–H groups in total. The number of amides is 2. The highest BCUT2D eigenvalue weighted by Gasteiger charge is 2.13. The largest absolute Gasteiger partial charge is 0.338 e. The Bertz CT molecular complexity index is 554. The first-order valence-corrected chi connectivity index (χ1v) is 9.18. The number of nitrogens with zero attached hydrogens (tertiary/aromatic N) is 1. The van der Waals surface area contributed by atoms with Gasteiger partial charge in [-0.2, -0.15) is 0 Å². The second-order valence-corrected chi connectivity index (χ2v) is 7.17. The minimum Gasteiger partial charge on any atom is -0.338 e. The van der Waals surface area contributed by atoms with Gasteiger partial charge in [0.05, 0.1) is 0 Å². The molecule has 4 nitrogen and oxygen atoms in total. The molecule has 1 aromatic rings. The molecular weight excluding hydrogens is 296 g/mol. The summed E-state index contributed by atoms with van der Waals surface area (Å²) in [4.78, 5) is 14.6. The van der Waals surface area contributed by atoms with Crippen LogP contribution in [-0.2, 0) is 17.3 Å². The fraction of sp³-hybridized carbons (Fsp3) is 0.471. The summed E-state index contributed by atoms with van der Waals surface area (Å²) >= 11 is 0. The first-order chi connectivity index (χ1) is 10.6. The molecule has 0 spiro atoms. The fourth-order valence-electron chi connectivity index (χ4n) is 2.54. The standard InChI is InChI=1S/C17H24N2O2S/c1-19(13-15-8-10-16(11-9-15)22(2)21)17(20)18-12-14-6-4-3-5-7-14/h3-4,8-11,14H,5-7,12-13H2,1-2H3,(H,18,20)/t14-,22+/m0/s1. The third kappa shape index (κ3) is 4.98. The summed E-state index contributed by atoms with van der Waals surface area (Å²) < 4.78 is 11.4. The zero-order valence-electron chi connectivity index (χ0n) is 13.2. The highest BCUT2D eigenvalue weighted by molar-refractivity contribution is 7.84. The van der Waals surface area contributed by atoms with E-state index in [1.54, 1.807) is 18.2 Å². The van der Waals surface area contributed by atoms with Crippen molar-refractivity contribution in [3.63, 3.8) is 0 Å². The van der Waals surface area contributed by atoms with E-state index >= 15 is 0 Å². The predicted octanol–water partition coefficient (Wildman–Crippen LogP) is 2.92. The van der Waals surface area contributed by atoms with Crippen molar-refractivity contribution in [1.29, 1.82) is 0 Å². The van der Waals surface area contributed by atoms with Crippen LogP contribution >= 0.6 is 0 Å². The SMILES string of the molecule is CN(Cc1ccc([S@@](C)=O)cc1)C(=O)NC[C@H]1CC=CCC1. The molecule has 0 radical (unpaired) electrons. The van der Waals surface area contributed by atoms with Gasteiger partial charge in [0.1, 0.15) is 0 Å². The highest BCUT2D eigenvalue weighted by Crippen LogP contribution is 2.17. The topological polar surface area (TPSA) is 49.4 Å². The maximum absolute atomic E-state index is 12.1. The van der Waals surface area contributed by atoms with Crippen molar-refractivity contribution in [2.24, 2.45) is 5.92 Å². The van der Waals surface area contributed by atoms with E-state index in [2.05, 4.69) is 17.5 Å². The van der Waals surface area contributed by atoms with E-state index in [-0.39, 0.29) is 6.03 Å². The second-order valence-electron chi connectivity index (χ2n) is 5.79. The van der Waals surface area contributed by atoms with Crippen LogP contribution in [0.25, 0.3) is 0 Å². The number of benzene rings is 1. The normalized spacial score (nSPS) is 18.7. The van der Waals surface area contributed by atoms with Crippen molar-refractivity contribution in [2.75, 3.05) is 19.8 Å². The van der Waals surface area contributed by atoms with Crippen molar-refractivity contribution in [3.05, 3.63) is 42.0 Å². The van der Waals surface area contributed by atoms with Crippen LogP contribution in [-0.4, -0.2) is 35.0 Å². The third-order valence-corrected chi connectivity index (χ3v) is 4.88. The molecule has 1 aromatic carbocycles. The van der Waals surface area contributed by atoms with Crippen molar-refractivity contribution in [3.8, 4) is 0 Å². The van der Waals surface area contributed by atoms with E-state index in [0.717, 1.165) is 36.3 Å². The average molecular weight is 320 g/mol. The molecule has 0 saturated carbocycles. The van der Waals surface area contributed by atoms with Crippen molar-refractivity contribution >= 4 is 16.8 Å². The van der Waals surface area contributed by atoms with E-state index in [9.17, 15) is 9.00 Å². The first kappa shape index (κ1) is 16.7. The van der Waals surface area contributed by atoms with Gasteiger partial charge in [-0.3, -0.25) is 4.21 Å². The van der Waals surface area contributed by atoms with Gasteiger partial charge in [0.25, 0.3) is 0 Å². The second kappa shape index (κ2) is 8.13. The van der Waals surface area contributed by atoms with Gasteiger partial charge in [0.2, 0.25) is 0 Å². The molecule has 1 aliphatic rings. The van der Waals surface area contributed by atoms with Gasteiger partial charge in [0, 0.05) is 42.1 Å². The van der Waals surface area contributed by atoms with Crippen molar-refractivity contribution in [1.82, 2.24) is 10.2 Å². The highest BCUT2D eigenvalue weighted by atomic mass is 32.2. The van der Waals surface area contributed by atoms with Crippen molar-refractivity contribution < 1.29 is 9.00 Å². The number of urea groups is 1. The first-order valence-electron chi connectivity index (χ1n) is 7.62. The number of carbonyl (C=O) groups is 1.